The molecule has 4 heteroatoms. The van der Waals surface area contributed by atoms with Crippen molar-refractivity contribution < 1.29 is 9.50 Å². The van der Waals surface area contributed by atoms with Crippen LogP contribution in [-0.2, 0) is 6.54 Å². The Morgan fingerprint density at radius 2 is 2.06 bits per heavy atom. The van der Waals surface area contributed by atoms with Crippen LogP contribution in [0.3, 0.4) is 0 Å². The maximum atomic E-state index is 13.6. The highest BCUT2D eigenvalue weighted by Crippen LogP contribution is 2.23. The summed E-state index contributed by atoms with van der Waals surface area (Å²) in [6.45, 7) is 2.17. The van der Waals surface area contributed by atoms with Crippen molar-refractivity contribution in [1.82, 2.24) is 0 Å². The van der Waals surface area contributed by atoms with Crippen LogP contribution in [0, 0.1) is 12.7 Å². The number of halogens is 2. The molecule has 0 atom stereocenters. The van der Waals surface area contributed by atoms with Gasteiger partial charge in [-0.05, 0) is 42.8 Å². The van der Waals surface area contributed by atoms with Crippen molar-refractivity contribution in [2.45, 2.75) is 13.5 Å². The fourth-order valence-electron chi connectivity index (χ4n) is 1.73. The minimum Gasteiger partial charge on any atom is -0.508 e. The Morgan fingerprint density at radius 1 is 1.28 bits per heavy atom. The minimum atomic E-state index is -0.327. The zero-order chi connectivity index (χ0) is 13.1. The van der Waals surface area contributed by atoms with Crippen LogP contribution in [0.5, 0.6) is 5.75 Å². The molecule has 2 rings (SSSR count). The van der Waals surface area contributed by atoms with E-state index in [1.54, 1.807) is 30.3 Å². The number of anilines is 1. The number of aromatic hydroxyl groups is 1. The predicted molar refractivity (Wildman–Crippen MR) is 71.6 cm³/mol. The van der Waals surface area contributed by atoms with Gasteiger partial charge in [-0.25, -0.2) is 4.39 Å². The first-order valence-corrected chi connectivity index (χ1v) is 5.92. The number of hydrogen-bond donors (Lipinski definition) is 2. The number of rotatable bonds is 3. The highest BCUT2D eigenvalue weighted by molar-refractivity contribution is 6.31. The highest BCUT2D eigenvalue weighted by Gasteiger charge is 2.07. The van der Waals surface area contributed by atoms with Crippen molar-refractivity contribution >= 4 is 17.3 Å². The summed E-state index contributed by atoms with van der Waals surface area (Å²) in [4.78, 5) is 0. The second kappa shape index (κ2) is 5.27. The summed E-state index contributed by atoms with van der Waals surface area (Å²) in [6, 6.07) is 9.59. The van der Waals surface area contributed by atoms with Crippen LogP contribution in [0.2, 0.25) is 5.02 Å². The van der Waals surface area contributed by atoms with E-state index in [9.17, 15) is 9.50 Å². The lowest BCUT2D eigenvalue weighted by molar-refractivity contribution is 0.475. The lowest BCUT2D eigenvalue weighted by atomic mass is 10.1. The zero-order valence-electron chi connectivity index (χ0n) is 9.87. The summed E-state index contributed by atoms with van der Waals surface area (Å²) in [7, 11) is 0. The summed E-state index contributed by atoms with van der Waals surface area (Å²) in [5.74, 6) is -0.117. The molecule has 94 valence electrons. The van der Waals surface area contributed by atoms with Gasteiger partial charge in [0.05, 0.1) is 0 Å². The van der Waals surface area contributed by atoms with Gasteiger partial charge in [-0.15, -0.1) is 0 Å². The monoisotopic (exact) mass is 265 g/mol. The van der Waals surface area contributed by atoms with E-state index in [-0.39, 0.29) is 11.6 Å². The Kier molecular flexibility index (Phi) is 3.72. The van der Waals surface area contributed by atoms with E-state index < -0.39 is 0 Å². The minimum absolute atomic E-state index is 0.210. The first kappa shape index (κ1) is 12.7. The lowest BCUT2D eigenvalue weighted by Crippen LogP contribution is -2.03. The number of aryl methyl sites for hydroxylation is 1. The van der Waals surface area contributed by atoms with Crippen LogP contribution in [0.4, 0.5) is 10.1 Å². The lowest BCUT2D eigenvalue weighted by Gasteiger charge is -2.11. The van der Waals surface area contributed by atoms with Gasteiger partial charge >= 0.3 is 0 Å². The fraction of sp³-hybridized carbons (Fsp3) is 0.143. The van der Waals surface area contributed by atoms with E-state index in [0.29, 0.717) is 17.1 Å². The van der Waals surface area contributed by atoms with Crippen LogP contribution in [-0.4, -0.2) is 5.11 Å². The van der Waals surface area contributed by atoms with E-state index in [1.165, 1.54) is 6.07 Å². The van der Waals surface area contributed by atoms with Crippen LogP contribution in [0.25, 0.3) is 0 Å². The second-order valence-electron chi connectivity index (χ2n) is 4.05. The summed E-state index contributed by atoms with van der Waals surface area (Å²) >= 11 is 5.94. The largest absolute Gasteiger partial charge is 0.508 e. The first-order valence-electron chi connectivity index (χ1n) is 5.54. The topological polar surface area (TPSA) is 32.3 Å². The van der Waals surface area contributed by atoms with Gasteiger partial charge < -0.3 is 10.4 Å². The molecule has 0 aliphatic carbocycles. The summed E-state index contributed by atoms with van der Waals surface area (Å²) in [6.07, 6.45) is 0. The van der Waals surface area contributed by atoms with E-state index >= 15 is 0 Å². The van der Waals surface area contributed by atoms with E-state index in [2.05, 4.69) is 5.32 Å². The molecule has 0 spiro atoms. The van der Waals surface area contributed by atoms with Gasteiger partial charge in [0, 0.05) is 22.8 Å². The molecule has 2 aromatic rings. The Hall–Kier alpha value is -1.74. The number of phenols is 1. The van der Waals surface area contributed by atoms with Crippen molar-refractivity contribution in [3.63, 3.8) is 0 Å². The molecular weight excluding hydrogens is 253 g/mol. The maximum Gasteiger partial charge on any atom is 0.129 e. The third-order valence-corrected chi connectivity index (χ3v) is 3.08. The van der Waals surface area contributed by atoms with Gasteiger partial charge in [-0.1, -0.05) is 17.7 Å². The zero-order valence-corrected chi connectivity index (χ0v) is 10.6. The molecule has 2 aromatic carbocycles. The molecule has 2 nitrogen and oxygen atoms in total. The fourth-order valence-corrected chi connectivity index (χ4v) is 1.96. The third kappa shape index (κ3) is 2.74. The number of hydrogen-bond acceptors (Lipinski definition) is 2. The Balaban J connectivity index is 2.16. The molecule has 0 amide bonds. The Bertz CT molecular complexity index is 551. The molecule has 0 radical (unpaired) electrons. The molecule has 0 saturated heterocycles. The molecule has 0 saturated carbocycles. The average molecular weight is 266 g/mol. The van der Waals surface area contributed by atoms with Crippen molar-refractivity contribution in [2.24, 2.45) is 0 Å². The summed E-state index contributed by atoms with van der Waals surface area (Å²) < 4.78 is 13.6. The molecule has 0 unspecified atom stereocenters. The third-order valence-electron chi connectivity index (χ3n) is 2.73. The van der Waals surface area contributed by atoms with Gasteiger partial charge in [-0.2, -0.15) is 0 Å². The first-order chi connectivity index (χ1) is 8.58. The number of nitrogens with one attached hydrogen (secondary N) is 1. The van der Waals surface area contributed by atoms with Crippen molar-refractivity contribution in [1.29, 1.82) is 0 Å². The van der Waals surface area contributed by atoms with Gasteiger partial charge in [0.25, 0.3) is 0 Å². The smallest absolute Gasteiger partial charge is 0.129 e. The SMILES string of the molecule is Cc1cc(O)ccc1NCc1c(F)cccc1Cl. The molecule has 0 aliphatic rings. The molecule has 0 bridgehead atoms. The average Bonchev–Trinajstić information content (AvgIpc) is 2.31. The molecular formula is C14H13ClFNO. The van der Waals surface area contributed by atoms with Crippen LogP contribution >= 0.6 is 11.6 Å². The van der Waals surface area contributed by atoms with Gasteiger partial charge in [-0.3, -0.25) is 0 Å². The van der Waals surface area contributed by atoms with E-state index in [4.69, 9.17) is 11.6 Å². The predicted octanol–water partition coefficient (Wildman–Crippen LogP) is 4.11. The summed E-state index contributed by atoms with van der Waals surface area (Å²) in [5, 5.41) is 12.8. The van der Waals surface area contributed by atoms with Gasteiger partial charge in [0.2, 0.25) is 0 Å². The number of phenolic OH excluding ortho intramolecular Hbond substituents is 1. The Labute approximate surface area is 110 Å². The van der Waals surface area contributed by atoms with Crippen LogP contribution in [0.1, 0.15) is 11.1 Å². The highest BCUT2D eigenvalue weighted by atomic mass is 35.5. The van der Waals surface area contributed by atoms with Crippen molar-refractivity contribution in [3.05, 3.63) is 58.4 Å². The summed E-state index contributed by atoms with van der Waals surface area (Å²) in [5.41, 5.74) is 2.17. The van der Waals surface area contributed by atoms with Crippen molar-refractivity contribution in [3.8, 4) is 5.75 Å². The molecule has 2 N–H and O–H groups in total. The van der Waals surface area contributed by atoms with Gasteiger partial charge in [0.15, 0.2) is 0 Å². The normalized spacial score (nSPS) is 10.4. The molecule has 18 heavy (non-hydrogen) atoms. The standard InChI is InChI=1S/C14H13ClFNO/c1-9-7-10(18)5-6-14(9)17-8-11-12(15)3-2-4-13(11)16/h2-7,17-18H,8H2,1H3. The Morgan fingerprint density at radius 3 is 2.72 bits per heavy atom. The maximum absolute atomic E-state index is 13.6. The molecule has 0 aromatic heterocycles. The van der Waals surface area contributed by atoms with Gasteiger partial charge in [0.1, 0.15) is 11.6 Å². The van der Waals surface area contributed by atoms with Crippen LogP contribution in [0.15, 0.2) is 36.4 Å². The van der Waals surface area contributed by atoms with E-state index in [0.717, 1.165) is 11.3 Å². The number of benzene rings is 2. The van der Waals surface area contributed by atoms with E-state index in [1.807, 2.05) is 6.92 Å². The molecule has 0 aliphatic heterocycles. The molecule has 0 heterocycles. The van der Waals surface area contributed by atoms with Crippen molar-refractivity contribution in [2.75, 3.05) is 5.32 Å². The van der Waals surface area contributed by atoms with Crippen LogP contribution < -0.4 is 5.32 Å². The quantitative estimate of drug-likeness (QED) is 0.819. The second-order valence-corrected chi connectivity index (χ2v) is 4.46. The molecule has 0 fully saturated rings.